The zero-order valence-corrected chi connectivity index (χ0v) is 9.71. The molecule has 1 aliphatic rings. The van der Waals surface area contributed by atoms with Crippen LogP contribution in [0.15, 0.2) is 54.6 Å². The van der Waals surface area contributed by atoms with Crippen molar-refractivity contribution >= 4 is 18.1 Å². The van der Waals surface area contributed by atoms with E-state index in [0.717, 1.165) is 13.2 Å². The Bertz CT molecular complexity index is 546. The molecule has 17 heavy (non-hydrogen) atoms. The summed E-state index contributed by atoms with van der Waals surface area (Å²) < 4.78 is 2.05. The van der Waals surface area contributed by atoms with Crippen LogP contribution in [0.4, 0.5) is 11.4 Å². The van der Waals surface area contributed by atoms with Crippen molar-refractivity contribution in [3.63, 3.8) is 0 Å². The number of anilines is 1. The Hall–Kier alpha value is -2.09. The molecule has 0 amide bonds. The van der Waals surface area contributed by atoms with Crippen LogP contribution in [0.2, 0.25) is 0 Å². The van der Waals surface area contributed by atoms with E-state index in [1.165, 1.54) is 16.9 Å². The maximum absolute atomic E-state index is 4.11. The molecule has 2 heteroatoms. The van der Waals surface area contributed by atoms with Crippen LogP contribution in [0.1, 0.15) is 5.56 Å². The van der Waals surface area contributed by atoms with Crippen LogP contribution in [-0.2, 0) is 6.54 Å². The van der Waals surface area contributed by atoms with Gasteiger partial charge in [0.25, 0.3) is 0 Å². The molecule has 0 aromatic heterocycles. The fraction of sp³-hybridized carbons (Fsp3) is 0.133. The van der Waals surface area contributed by atoms with Crippen LogP contribution in [0.5, 0.6) is 0 Å². The molecule has 84 valence electrons. The number of rotatable bonds is 1. The molecule has 0 unspecified atom stereocenters. The van der Waals surface area contributed by atoms with Crippen molar-refractivity contribution < 1.29 is 4.58 Å². The number of nitrogens with zero attached hydrogens (tertiary/aromatic N) is 2. The van der Waals surface area contributed by atoms with Crippen LogP contribution in [-0.4, -0.2) is 18.0 Å². The Morgan fingerprint density at radius 2 is 1.65 bits per heavy atom. The van der Waals surface area contributed by atoms with Crippen LogP contribution in [0.25, 0.3) is 0 Å². The lowest BCUT2D eigenvalue weighted by Crippen LogP contribution is -2.34. The molecule has 0 aliphatic carbocycles. The van der Waals surface area contributed by atoms with E-state index in [0.29, 0.717) is 0 Å². The first-order chi connectivity index (χ1) is 8.34. The normalized spacial score (nSPS) is 14.6. The molecule has 2 nitrogen and oxygen atoms in total. The van der Waals surface area contributed by atoms with Crippen LogP contribution in [0, 0.1) is 0 Å². The molecule has 1 heterocycles. The van der Waals surface area contributed by atoms with E-state index in [2.05, 4.69) is 60.1 Å². The summed E-state index contributed by atoms with van der Waals surface area (Å²) in [7, 11) is 0. The van der Waals surface area contributed by atoms with Crippen molar-refractivity contribution in [1.82, 2.24) is 0 Å². The minimum atomic E-state index is 0.834. The lowest BCUT2D eigenvalue weighted by Gasteiger charge is -2.27. The van der Waals surface area contributed by atoms with Gasteiger partial charge in [-0.05, 0) is 12.1 Å². The zero-order chi connectivity index (χ0) is 11.7. The Kier molecular flexibility index (Phi) is 2.41. The second-order valence-electron chi connectivity index (χ2n) is 4.34. The molecule has 0 fully saturated rings. The van der Waals surface area contributed by atoms with E-state index in [1.54, 1.807) is 0 Å². The maximum Gasteiger partial charge on any atom is 0.224 e. The Morgan fingerprint density at radius 1 is 0.941 bits per heavy atom. The molecule has 2 aromatic rings. The van der Waals surface area contributed by atoms with Gasteiger partial charge in [-0.1, -0.05) is 36.4 Å². The monoisotopic (exact) mass is 223 g/mol. The van der Waals surface area contributed by atoms with Crippen molar-refractivity contribution in [3.8, 4) is 0 Å². The third-order valence-corrected chi connectivity index (χ3v) is 3.16. The van der Waals surface area contributed by atoms with E-state index in [-0.39, 0.29) is 0 Å². The van der Waals surface area contributed by atoms with Gasteiger partial charge in [-0.3, -0.25) is 0 Å². The van der Waals surface area contributed by atoms with Gasteiger partial charge in [-0.15, -0.1) is 0 Å². The number of fused-ring (bicyclic) bond motifs is 1. The van der Waals surface area contributed by atoms with E-state index < -0.39 is 0 Å². The first-order valence-electron chi connectivity index (χ1n) is 5.80. The molecule has 0 saturated carbocycles. The highest BCUT2D eigenvalue weighted by molar-refractivity contribution is 5.52. The SMILES string of the molecule is C=[N+]1CN(c2ccccc2)Cc2ccccc21. The molecule has 3 rings (SSSR count). The van der Waals surface area contributed by atoms with Crippen molar-refractivity contribution in [2.45, 2.75) is 6.54 Å². The van der Waals surface area contributed by atoms with Gasteiger partial charge in [0.1, 0.15) is 6.72 Å². The number of hydrogen-bond donors (Lipinski definition) is 0. The topological polar surface area (TPSA) is 6.25 Å². The van der Waals surface area contributed by atoms with E-state index in [1.807, 2.05) is 10.6 Å². The first kappa shape index (κ1) is 10.1. The highest BCUT2D eigenvalue weighted by Gasteiger charge is 2.24. The van der Waals surface area contributed by atoms with Gasteiger partial charge >= 0.3 is 0 Å². The largest absolute Gasteiger partial charge is 0.312 e. The smallest absolute Gasteiger partial charge is 0.224 e. The van der Waals surface area contributed by atoms with E-state index >= 15 is 0 Å². The fourth-order valence-corrected chi connectivity index (χ4v) is 2.30. The minimum Gasteiger partial charge on any atom is -0.312 e. The summed E-state index contributed by atoms with van der Waals surface area (Å²) in [5, 5.41) is 0. The van der Waals surface area contributed by atoms with Crippen LogP contribution in [0.3, 0.4) is 0 Å². The summed E-state index contributed by atoms with van der Waals surface area (Å²) in [6.45, 7) is 5.89. The van der Waals surface area contributed by atoms with Gasteiger partial charge in [-0.25, -0.2) is 0 Å². The highest BCUT2D eigenvalue weighted by Crippen LogP contribution is 2.27. The molecular formula is C15H15N2+. The van der Waals surface area contributed by atoms with Crippen molar-refractivity contribution in [2.24, 2.45) is 0 Å². The molecular weight excluding hydrogens is 208 g/mol. The molecule has 1 aliphatic heterocycles. The number of benzene rings is 2. The quantitative estimate of drug-likeness (QED) is 0.674. The average molecular weight is 223 g/mol. The van der Waals surface area contributed by atoms with Gasteiger partial charge < -0.3 is 4.90 Å². The second kappa shape index (κ2) is 4.06. The molecule has 0 spiro atoms. The van der Waals surface area contributed by atoms with Crippen molar-refractivity contribution in [3.05, 3.63) is 60.2 Å². The molecule has 0 atom stereocenters. The lowest BCUT2D eigenvalue weighted by atomic mass is 10.1. The van der Waals surface area contributed by atoms with Crippen LogP contribution < -0.4 is 4.90 Å². The highest BCUT2D eigenvalue weighted by atomic mass is 15.3. The summed E-state index contributed by atoms with van der Waals surface area (Å²) in [6.07, 6.45) is 0. The van der Waals surface area contributed by atoms with Crippen LogP contribution >= 0.6 is 0 Å². The first-order valence-corrected chi connectivity index (χ1v) is 5.80. The van der Waals surface area contributed by atoms with Crippen molar-refractivity contribution in [2.75, 3.05) is 11.6 Å². The predicted octanol–water partition coefficient (Wildman–Crippen LogP) is 3.01. The molecule has 0 saturated heterocycles. The summed E-state index contributed by atoms with van der Waals surface area (Å²) >= 11 is 0. The standard InChI is InChI=1S/C15H15N2/c1-16-12-17(14-8-3-2-4-9-14)11-13-7-5-6-10-15(13)16/h2-10H,1,11-12H2/q+1. The van der Waals surface area contributed by atoms with Gasteiger partial charge in [0.15, 0.2) is 0 Å². The average Bonchev–Trinajstić information content (AvgIpc) is 2.40. The molecule has 0 N–H and O–H groups in total. The van der Waals surface area contributed by atoms with E-state index in [9.17, 15) is 0 Å². The Balaban J connectivity index is 1.97. The van der Waals surface area contributed by atoms with Gasteiger partial charge in [0.05, 0.1) is 6.54 Å². The van der Waals surface area contributed by atoms with Gasteiger partial charge in [-0.2, -0.15) is 4.58 Å². The second-order valence-corrected chi connectivity index (χ2v) is 4.34. The van der Waals surface area contributed by atoms with Gasteiger partial charge in [0, 0.05) is 17.3 Å². The summed E-state index contributed by atoms with van der Waals surface area (Å²) in [5.41, 5.74) is 3.81. The van der Waals surface area contributed by atoms with E-state index in [4.69, 9.17) is 0 Å². The Labute approximate surface area is 101 Å². The Morgan fingerprint density at radius 3 is 2.47 bits per heavy atom. The summed E-state index contributed by atoms with van der Waals surface area (Å²) in [4.78, 5) is 2.33. The summed E-state index contributed by atoms with van der Waals surface area (Å²) in [5.74, 6) is 0. The van der Waals surface area contributed by atoms with Crippen molar-refractivity contribution in [1.29, 1.82) is 0 Å². The third-order valence-electron chi connectivity index (χ3n) is 3.16. The summed E-state index contributed by atoms with van der Waals surface area (Å²) in [6, 6.07) is 18.9. The van der Waals surface area contributed by atoms with Gasteiger partial charge in [0.2, 0.25) is 12.4 Å². The number of hydrogen-bond acceptors (Lipinski definition) is 1. The predicted molar refractivity (Wildman–Crippen MR) is 71.0 cm³/mol. The lowest BCUT2D eigenvalue weighted by molar-refractivity contribution is -0.435. The molecule has 0 bridgehead atoms. The zero-order valence-electron chi connectivity index (χ0n) is 9.71. The third kappa shape index (κ3) is 1.82. The molecule has 0 radical (unpaired) electrons. The minimum absolute atomic E-state index is 0.834. The fourth-order valence-electron chi connectivity index (χ4n) is 2.30. The molecule has 2 aromatic carbocycles. The number of para-hydroxylation sites is 2. The maximum atomic E-state index is 4.11.